The first kappa shape index (κ1) is 18.0. The van der Waals surface area contributed by atoms with Crippen LogP contribution in [0.25, 0.3) is 45.3 Å². The molecule has 0 spiro atoms. The van der Waals surface area contributed by atoms with Gasteiger partial charge in [-0.05, 0) is 30.3 Å². The van der Waals surface area contributed by atoms with E-state index in [4.69, 9.17) is 35.5 Å². The molecule has 0 bridgehead atoms. The fourth-order valence-corrected chi connectivity index (χ4v) is 3.64. The van der Waals surface area contributed by atoms with Gasteiger partial charge >= 0.3 is 0 Å². The van der Waals surface area contributed by atoms with Gasteiger partial charge in [0.05, 0.1) is 26.6 Å². The van der Waals surface area contributed by atoms with Gasteiger partial charge in [0, 0.05) is 11.1 Å². The minimum absolute atomic E-state index is 0.408. The van der Waals surface area contributed by atoms with Gasteiger partial charge in [0.25, 0.3) is 0 Å². The first-order valence-corrected chi connectivity index (χ1v) is 9.48. The van der Waals surface area contributed by atoms with Crippen LogP contribution in [0.5, 0.6) is 0 Å². The molecule has 2 radical (unpaired) electrons. The summed E-state index contributed by atoms with van der Waals surface area (Å²) in [5.74, 6) is 1.43. The van der Waals surface area contributed by atoms with Gasteiger partial charge in [0.1, 0.15) is 13.7 Å². The zero-order valence-corrected chi connectivity index (χ0v) is 16.4. The molecule has 0 aliphatic carbocycles. The Kier molecular flexibility index (Phi) is 4.38. The maximum absolute atomic E-state index is 6.30. The van der Waals surface area contributed by atoms with E-state index >= 15 is 0 Å². The number of fused-ring (bicyclic) bond motifs is 1. The van der Waals surface area contributed by atoms with E-state index in [0.717, 1.165) is 22.2 Å². The number of nitrogens with one attached hydrogen (secondary N) is 1. The summed E-state index contributed by atoms with van der Waals surface area (Å²) in [4.78, 5) is 7.86. The first-order chi connectivity index (χ1) is 14.1. The molecule has 0 unspecified atom stereocenters. The molecule has 29 heavy (non-hydrogen) atoms. The number of halogens is 2. The molecule has 1 N–H and O–H groups in total. The van der Waals surface area contributed by atoms with Crippen molar-refractivity contribution in [3.05, 3.63) is 70.7 Å². The fourth-order valence-electron chi connectivity index (χ4n) is 3.07. The molecule has 0 amide bonds. The average molecular weight is 417 g/mol. The minimum Gasteiger partial charge on any atom is -0.416 e. The molecule has 0 saturated heterocycles. The molecule has 2 heterocycles. The third kappa shape index (κ3) is 3.31. The normalized spacial score (nSPS) is 11.2. The lowest BCUT2D eigenvalue weighted by Gasteiger charge is -2.02. The summed E-state index contributed by atoms with van der Waals surface area (Å²) >= 11 is 12.6. The van der Waals surface area contributed by atoms with Gasteiger partial charge in [0.15, 0.2) is 0 Å². The molecular formula is C21H11BCl2N4O. The molecule has 0 fully saturated rings. The fraction of sp³-hybridized carbons (Fsp3) is 0. The molecule has 0 aliphatic rings. The van der Waals surface area contributed by atoms with Crippen molar-refractivity contribution in [3.8, 4) is 34.3 Å². The van der Waals surface area contributed by atoms with E-state index in [-0.39, 0.29) is 0 Å². The topological polar surface area (TPSA) is 67.6 Å². The Morgan fingerprint density at radius 3 is 2.21 bits per heavy atom. The van der Waals surface area contributed by atoms with Crippen molar-refractivity contribution in [1.29, 1.82) is 0 Å². The van der Waals surface area contributed by atoms with Gasteiger partial charge in [-0.2, -0.15) is 0 Å². The van der Waals surface area contributed by atoms with Crippen LogP contribution in [0.4, 0.5) is 0 Å². The van der Waals surface area contributed by atoms with Gasteiger partial charge in [-0.3, -0.25) is 0 Å². The molecule has 5 rings (SSSR count). The number of benzene rings is 3. The Morgan fingerprint density at radius 1 is 0.828 bits per heavy atom. The molecule has 0 atom stereocenters. The Morgan fingerprint density at radius 2 is 1.48 bits per heavy atom. The molecule has 3 aromatic carbocycles. The number of aromatic amines is 1. The van der Waals surface area contributed by atoms with Crippen molar-refractivity contribution in [3.63, 3.8) is 0 Å². The van der Waals surface area contributed by atoms with Gasteiger partial charge in [-0.15, -0.1) is 10.2 Å². The van der Waals surface area contributed by atoms with E-state index in [1.165, 1.54) is 0 Å². The number of rotatable bonds is 3. The third-order valence-corrected chi connectivity index (χ3v) is 5.14. The number of aromatic nitrogens is 4. The summed E-state index contributed by atoms with van der Waals surface area (Å²) in [6.07, 6.45) is 0. The average Bonchev–Trinajstić information content (AvgIpc) is 3.35. The second kappa shape index (κ2) is 7.06. The molecule has 0 aliphatic heterocycles. The van der Waals surface area contributed by atoms with Crippen LogP contribution in [0.2, 0.25) is 10.0 Å². The summed E-state index contributed by atoms with van der Waals surface area (Å²) < 4.78 is 5.83. The van der Waals surface area contributed by atoms with Crippen molar-refractivity contribution < 1.29 is 4.42 Å². The van der Waals surface area contributed by atoms with Gasteiger partial charge in [-0.25, -0.2) is 4.98 Å². The number of imidazole rings is 1. The standard InChI is InChI=1S/C21H11BCl2N4O/c22-13-7-4-11(5-8-13)20-27-28-21(29-20)12-6-9-16-17(10-12)26-19(25-16)18-14(23)2-1-3-15(18)24/h1-10H,(H,25,26). The zero-order chi connectivity index (χ0) is 20.0. The Hall–Kier alpha value is -3.09. The highest BCUT2D eigenvalue weighted by Crippen LogP contribution is 2.34. The highest BCUT2D eigenvalue weighted by Gasteiger charge is 2.15. The quantitative estimate of drug-likeness (QED) is 0.418. The van der Waals surface area contributed by atoms with Crippen LogP contribution < -0.4 is 5.46 Å². The van der Waals surface area contributed by atoms with E-state index < -0.39 is 0 Å². The second-order valence-corrected chi connectivity index (χ2v) is 7.26. The summed E-state index contributed by atoms with van der Waals surface area (Å²) in [7, 11) is 5.72. The Balaban J connectivity index is 1.53. The molecule has 5 aromatic rings. The Bertz CT molecular complexity index is 1320. The largest absolute Gasteiger partial charge is 0.416 e. The molecule has 138 valence electrons. The lowest BCUT2D eigenvalue weighted by molar-refractivity contribution is 0.584. The van der Waals surface area contributed by atoms with E-state index in [1.807, 2.05) is 30.3 Å². The van der Waals surface area contributed by atoms with Crippen LogP contribution in [-0.2, 0) is 0 Å². The van der Waals surface area contributed by atoms with Crippen LogP contribution in [0, 0.1) is 0 Å². The summed E-state index contributed by atoms with van der Waals surface area (Å²) in [5, 5.41) is 9.35. The maximum atomic E-state index is 6.30. The van der Waals surface area contributed by atoms with Gasteiger partial charge in [-0.1, -0.05) is 59.0 Å². The molecule has 0 saturated carbocycles. The number of hydrogen-bond acceptors (Lipinski definition) is 4. The predicted molar refractivity (Wildman–Crippen MR) is 116 cm³/mol. The zero-order valence-electron chi connectivity index (χ0n) is 14.9. The van der Waals surface area contributed by atoms with Crippen molar-refractivity contribution in [1.82, 2.24) is 20.2 Å². The maximum Gasteiger partial charge on any atom is 0.248 e. The van der Waals surface area contributed by atoms with Gasteiger partial charge < -0.3 is 9.40 Å². The van der Waals surface area contributed by atoms with Crippen LogP contribution in [0.15, 0.2) is 65.1 Å². The van der Waals surface area contributed by atoms with Crippen molar-refractivity contribution in [2.45, 2.75) is 0 Å². The highest BCUT2D eigenvalue weighted by molar-refractivity contribution is 6.39. The number of nitrogens with zero attached hydrogens (tertiary/aromatic N) is 3. The number of H-pyrrole nitrogens is 1. The van der Waals surface area contributed by atoms with E-state index in [9.17, 15) is 0 Å². The number of hydrogen-bond donors (Lipinski definition) is 1. The smallest absolute Gasteiger partial charge is 0.248 e. The molecular weight excluding hydrogens is 406 g/mol. The highest BCUT2D eigenvalue weighted by atomic mass is 35.5. The second-order valence-electron chi connectivity index (χ2n) is 6.45. The monoisotopic (exact) mass is 416 g/mol. The van der Waals surface area contributed by atoms with E-state index in [0.29, 0.717) is 38.7 Å². The van der Waals surface area contributed by atoms with E-state index in [1.54, 1.807) is 30.3 Å². The van der Waals surface area contributed by atoms with Crippen LogP contribution in [0.1, 0.15) is 0 Å². The Labute approximate surface area is 177 Å². The van der Waals surface area contributed by atoms with E-state index in [2.05, 4.69) is 20.2 Å². The summed E-state index contributed by atoms with van der Waals surface area (Å²) in [5.41, 5.74) is 4.49. The van der Waals surface area contributed by atoms with Crippen LogP contribution >= 0.6 is 23.2 Å². The first-order valence-electron chi connectivity index (χ1n) is 8.72. The summed E-state index contributed by atoms with van der Waals surface area (Å²) in [6, 6.07) is 18.3. The SMILES string of the molecule is [B]c1ccc(-c2nnc(-c3ccc4nc(-c5c(Cl)cccc5Cl)[nH]c4c3)o2)cc1. The van der Waals surface area contributed by atoms with Crippen molar-refractivity contribution in [2.24, 2.45) is 0 Å². The van der Waals surface area contributed by atoms with Crippen molar-refractivity contribution in [2.75, 3.05) is 0 Å². The van der Waals surface area contributed by atoms with Crippen molar-refractivity contribution >= 4 is 47.5 Å². The predicted octanol–water partition coefficient (Wildman–Crippen LogP) is 5.05. The molecule has 8 heteroatoms. The van der Waals surface area contributed by atoms with Gasteiger partial charge in [0.2, 0.25) is 11.8 Å². The lowest BCUT2D eigenvalue weighted by atomic mass is 9.95. The lowest BCUT2D eigenvalue weighted by Crippen LogP contribution is -1.99. The molecule has 2 aromatic heterocycles. The van der Waals surface area contributed by atoms with Crippen LogP contribution in [-0.4, -0.2) is 28.0 Å². The third-order valence-electron chi connectivity index (χ3n) is 4.51. The van der Waals surface area contributed by atoms with Crippen LogP contribution in [0.3, 0.4) is 0 Å². The molecule has 5 nitrogen and oxygen atoms in total. The minimum atomic E-state index is 0.408. The summed E-state index contributed by atoms with van der Waals surface area (Å²) in [6.45, 7) is 0.